The molecule has 0 atom stereocenters. The van der Waals surface area contributed by atoms with Crippen LogP contribution < -0.4 is 33.7 Å². The van der Waals surface area contributed by atoms with E-state index in [9.17, 15) is 8.42 Å². The van der Waals surface area contributed by atoms with Gasteiger partial charge in [-0.25, -0.2) is 0 Å². The van der Waals surface area contributed by atoms with Gasteiger partial charge in [0.05, 0.1) is 19.0 Å². The molecule has 0 spiro atoms. The smallest absolute Gasteiger partial charge is 1.00 e. The third-order valence-corrected chi connectivity index (χ3v) is 5.15. The van der Waals surface area contributed by atoms with E-state index in [1.54, 1.807) is 24.3 Å². The SMILES string of the molecule is C1CO1.CCCCCCCCCCCCS(=O)(=O)Oc1ccccc1.[H-].[Na+]. The predicted molar refractivity (Wildman–Crippen MR) is 105 cm³/mol. The van der Waals surface area contributed by atoms with E-state index < -0.39 is 10.1 Å². The molecule has 1 fully saturated rings. The number of para-hydroxylation sites is 1. The Morgan fingerprint density at radius 2 is 1.35 bits per heavy atom. The van der Waals surface area contributed by atoms with Gasteiger partial charge in [-0.15, -0.1) is 0 Å². The molecule has 0 bridgehead atoms. The van der Waals surface area contributed by atoms with E-state index in [-0.39, 0.29) is 36.7 Å². The fourth-order valence-corrected chi connectivity index (χ4v) is 3.48. The summed E-state index contributed by atoms with van der Waals surface area (Å²) < 4.78 is 33.2. The van der Waals surface area contributed by atoms with Crippen molar-refractivity contribution in [3.63, 3.8) is 0 Å². The molecule has 1 aromatic rings. The second kappa shape index (κ2) is 17.1. The van der Waals surface area contributed by atoms with Gasteiger partial charge >= 0.3 is 39.7 Å². The number of rotatable bonds is 13. The predicted octanol–water partition coefficient (Wildman–Crippen LogP) is 2.45. The number of epoxide rings is 1. The number of hydrogen-bond acceptors (Lipinski definition) is 4. The average Bonchev–Trinajstić information content (AvgIpc) is 3.46. The summed E-state index contributed by atoms with van der Waals surface area (Å²) in [4.78, 5) is 0. The van der Waals surface area contributed by atoms with Crippen LogP contribution in [0.15, 0.2) is 30.3 Å². The van der Waals surface area contributed by atoms with E-state index in [2.05, 4.69) is 11.7 Å². The molecule has 0 aromatic heterocycles. The van der Waals surface area contributed by atoms with Gasteiger partial charge in [0.15, 0.2) is 0 Å². The van der Waals surface area contributed by atoms with Gasteiger partial charge in [-0.1, -0.05) is 82.9 Å². The minimum absolute atomic E-state index is 0. The molecule has 26 heavy (non-hydrogen) atoms. The molecule has 0 unspecified atom stereocenters. The van der Waals surface area contributed by atoms with Crippen molar-refractivity contribution in [2.24, 2.45) is 0 Å². The van der Waals surface area contributed by atoms with Gasteiger partial charge in [0.1, 0.15) is 5.75 Å². The van der Waals surface area contributed by atoms with Crippen LogP contribution in [0.5, 0.6) is 5.75 Å². The topological polar surface area (TPSA) is 55.9 Å². The van der Waals surface area contributed by atoms with Gasteiger partial charge in [-0.2, -0.15) is 8.42 Å². The molecule has 4 nitrogen and oxygen atoms in total. The summed E-state index contributed by atoms with van der Waals surface area (Å²) in [6.07, 6.45) is 11.9. The van der Waals surface area contributed by atoms with Crippen LogP contribution in [-0.4, -0.2) is 27.4 Å². The van der Waals surface area contributed by atoms with Crippen LogP contribution in [0.2, 0.25) is 0 Å². The van der Waals surface area contributed by atoms with Crippen molar-refractivity contribution in [2.75, 3.05) is 19.0 Å². The molecule has 1 aliphatic heterocycles. The maximum atomic E-state index is 11.8. The first-order valence-electron chi connectivity index (χ1n) is 9.69. The fraction of sp³-hybridized carbons (Fsp3) is 0.700. The van der Waals surface area contributed by atoms with Crippen molar-refractivity contribution >= 4 is 10.1 Å². The Hall–Kier alpha value is -0.0700. The molecule has 0 amide bonds. The Balaban J connectivity index is 0. The number of hydrogen-bond donors (Lipinski definition) is 0. The van der Waals surface area contributed by atoms with Crippen LogP contribution in [-0.2, 0) is 14.9 Å². The van der Waals surface area contributed by atoms with Gasteiger partial charge in [-0.3, -0.25) is 0 Å². The van der Waals surface area contributed by atoms with E-state index in [4.69, 9.17) is 4.18 Å². The quantitative estimate of drug-likeness (QED) is 0.223. The summed E-state index contributed by atoms with van der Waals surface area (Å²) in [5.74, 6) is 0.507. The van der Waals surface area contributed by atoms with Crippen molar-refractivity contribution in [1.82, 2.24) is 0 Å². The van der Waals surface area contributed by atoms with Crippen LogP contribution >= 0.6 is 0 Å². The zero-order valence-electron chi connectivity index (χ0n) is 17.6. The monoisotopic (exact) mass is 394 g/mol. The maximum Gasteiger partial charge on any atom is 1.00 e. The number of unbranched alkanes of at least 4 members (excludes halogenated alkanes) is 9. The summed E-state index contributed by atoms with van der Waals surface area (Å²) in [7, 11) is -3.44. The van der Waals surface area contributed by atoms with Crippen LogP contribution in [0.4, 0.5) is 0 Å². The van der Waals surface area contributed by atoms with Gasteiger partial charge in [0.25, 0.3) is 0 Å². The zero-order chi connectivity index (χ0) is 18.2. The third-order valence-electron chi connectivity index (χ3n) is 3.92. The summed E-state index contributed by atoms with van der Waals surface area (Å²) in [6.45, 7) is 4.23. The zero-order valence-corrected chi connectivity index (χ0v) is 19.4. The molecule has 2 rings (SSSR count). The molecular formula is C20H35NaO4S. The summed E-state index contributed by atoms with van der Waals surface area (Å²) in [6, 6.07) is 8.70. The Morgan fingerprint density at radius 3 is 1.81 bits per heavy atom. The molecule has 0 saturated carbocycles. The largest absolute Gasteiger partial charge is 1.00 e. The van der Waals surface area contributed by atoms with Crippen LogP contribution in [0, 0.1) is 0 Å². The first-order chi connectivity index (χ1) is 12.1. The summed E-state index contributed by atoms with van der Waals surface area (Å²) >= 11 is 0. The molecule has 0 aliphatic carbocycles. The second-order valence-corrected chi connectivity index (χ2v) is 8.14. The minimum atomic E-state index is -3.44. The standard InChI is InChI=1S/C18H30O3S.C2H4O.Na.H/c1-2-3-4-5-6-7-8-9-10-14-17-22(19,20)21-18-15-12-11-13-16-18;1-2-3-1;;/h11-13,15-16H,2-10,14,17H2,1H3;1-2H2;;/q;;+1;-1. The van der Waals surface area contributed by atoms with Crippen molar-refractivity contribution in [3.8, 4) is 5.75 Å². The molecule has 6 heteroatoms. The van der Waals surface area contributed by atoms with E-state index >= 15 is 0 Å². The molecule has 0 N–H and O–H groups in total. The van der Waals surface area contributed by atoms with Crippen LogP contribution in [0.25, 0.3) is 0 Å². The summed E-state index contributed by atoms with van der Waals surface area (Å²) in [5.41, 5.74) is 0. The Labute approximate surface area is 184 Å². The average molecular weight is 395 g/mol. The van der Waals surface area contributed by atoms with Crippen molar-refractivity contribution < 1.29 is 48.3 Å². The van der Waals surface area contributed by atoms with Gasteiger partial charge < -0.3 is 10.3 Å². The molecule has 1 saturated heterocycles. The molecule has 1 aliphatic rings. The Bertz CT molecular complexity index is 521. The third kappa shape index (κ3) is 17.3. The fourth-order valence-electron chi connectivity index (χ4n) is 2.43. The minimum Gasteiger partial charge on any atom is -1.00 e. The molecule has 0 radical (unpaired) electrons. The molecular weight excluding hydrogens is 359 g/mol. The van der Waals surface area contributed by atoms with Crippen LogP contribution in [0.3, 0.4) is 0 Å². The van der Waals surface area contributed by atoms with Crippen LogP contribution in [0.1, 0.15) is 72.6 Å². The van der Waals surface area contributed by atoms with E-state index in [0.29, 0.717) is 12.2 Å². The number of benzene rings is 1. The summed E-state index contributed by atoms with van der Waals surface area (Å²) in [5, 5.41) is 0. The van der Waals surface area contributed by atoms with Crippen molar-refractivity contribution in [2.45, 2.75) is 71.1 Å². The van der Waals surface area contributed by atoms with Crippen molar-refractivity contribution in [3.05, 3.63) is 30.3 Å². The first-order valence-corrected chi connectivity index (χ1v) is 11.3. The maximum absolute atomic E-state index is 11.8. The molecule has 1 aromatic carbocycles. The molecule has 1 heterocycles. The Kier molecular flexibility index (Phi) is 17.0. The van der Waals surface area contributed by atoms with Gasteiger partial charge in [0, 0.05) is 0 Å². The Morgan fingerprint density at radius 1 is 0.885 bits per heavy atom. The second-order valence-electron chi connectivity index (χ2n) is 6.45. The van der Waals surface area contributed by atoms with E-state index in [1.165, 1.54) is 44.9 Å². The first kappa shape index (κ1) is 25.9. The number of ether oxygens (including phenoxy) is 1. The van der Waals surface area contributed by atoms with E-state index in [0.717, 1.165) is 26.1 Å². The van der Waals surface area contributed by atoms with Crippen molar-refractivity contribution in [1.29, 1.82) is 0 Å². The molecule has 146 valence electrons. The van der Waals surface area contributed by atoms with Gasteiger partial charge in [-0.05, 0) is 18.6 Å². The van der Waals surface area contributed by atoms with E-state index in [1.807, 2.05) is 6.07 Å². The van der Waals surface area contributed by atoms with Gasteiger partial charge in [0.2, 0.25) is 0 Å². The normalized spacial score (nSPS) is 12.5.